The number of hydrogen-bond acceptors (Lipinski definition) is 6. The zero-order chi connectivity index (χ0) is 21.7. The summed E-state index contributed by atoms with van der Waals surface area (Å²) in [6.07, 6.45) is 8.84. The zero-order valence-corrected chi connectivity index (χ0v) is 19.3. The predicted octanol–water partition coefficient (Wildman–Crippen LogP) is 2.46. The number of carbonyl (C=O) groups excluding carboxylic acids is 1. The Balaban J connectivity index is 1.47. The van der Waals surface area contributed by atoms with Gasteiger partial charge in [-0.25, -0.2) is 8.42 Å². The van der Waals surface area contributed by atoms with Gasteiger partial charge in [-0.05, 0) is 59.5 Å². The standard InChI is InChI=1S/C21H36N4O4S/c1-16-20(17(2)29-23-16)30(27,28)25-14-7-9-18(15-25)21(26)22-12-8-13-24(3)19-10-5-4-6-11-19/h18-19H,4-15H2,1-3H3,(H,22,26). The van der Waals surface area contributed by atoms with Gasteiger partial charge in [0.05, 0.1) is 5.92 Å². The molecule has 2 fully saturated rings. The molecule has 8 nitrogen and oxygen atoms in total. The lowest BCUT2D eigenvalue weighted by atomic mass is 9.94. The van der Waals surface area contributed by atoms with E-state index in [9.17, 15) is 13.2 Å². The van der Waals surface area contributed by atoms with Gasteiger partial charge in [0, 0.05) is 25.7 Å². The second-order valence-electron chi connectivity index (χ2n) is 8.77. The summed E-state index contributed by atoms with van der Waals surface area (Å²) in [7, 11) is -1.53. The van der Waals surface area contributed by atoms with Crippen LogP contribution in [0.3, 0.4) is 0 Å². The largest absolute Gasteiger partial charge is 0.360 e. The quantitative estimate of drug-likeness (QED) is 0.624. The van der Waals surface area contributed by atoms with Crippen molar-refractivity contribution in [2.24, 2.45) is 5.92 Å². The molecule has 2 aliphatic rings. The number of piperidine rings is 1. The lowest BCUT2D eigenvalue weighted by Gasteiger charge is -2.32. The summed E-state index contributed by atoms with van der Waals surface area (Å²) < 4.78 is 32.5. The van der Waals surface area contributed by atoms with Crippen molar-refractivity contribution in [1.82, 2.24) is 19.7 Å². The van der Waals surface area contributed by atoms with E-state index in [0.717, 1.165) is 13.0 Å². The highest BCUT2D eigenvalue weighted by Gasteiger charge is 2.36. The Bertz CT molecular complexity index is 797. The van der Waals surface area contributed by atoms with Crippen LogP contribution in [0.15, 0.2) is 9.42 Å². The molecule has 1 saturated carbocycles. The maximum atomic E-state index is 13.0. The number of hydrogen-bond donors (Lipinski definition) is 1. The van der Waals surface area contributed by atoms with Crippen molar-refractivity contribution in [2.75, 3.05) is 33.2 Å². The minimum absolute atomic E-state index is 0.0472. The molecule has 0 bridgehead atoms. The van der Waals surface area contributed by atoms with Crippen LogP contribution >= 0.6 is 0 Å². The molecular weight excluding hydrogens is 404 g/mol. The fourth-order valence-corrected chi connectivity index (χ4v) is 6.55. The highest BCUT2D eigenvalue weighted by molar-refractivity contribution is 7.89. The molecule has 0 aromatic carbocycles. The number of amides is 1. The zero-order valence-electron chi connectivity index (χ0n) is 18.5. The van der Waals surface area contributed by atoms with Gasteiger partial charge in [0.2, 0.25) is 15.9 Å². The van der Waals surface area contributed by atoms with E-state index in [-0.39, 0.29) is 23.3 Å². The van der Waals surface area contributed by atoms with Crippen molar-refractivity contribution in [3.05, 3.63) is 11.5 Å². The molecule has 1 aromatic heterocycles. The number of nitrogens with zero attached hydrogens (tertiary/aromatic N) is 3. The molecular formula is C21H36N4O4S. The van der Waals surface area contributed by atoms with Crippen LogP contribution in [-0.4, -0.2) is 68.0 Å². The number of sulfonamides is 1. The van der Waals surface area contributed by atoms with Crippen LogP contribution in [0.1, 0.15) is 62.8 Å². The van der Waals surface area contributed by atoms with Gasteiger partial charge < -0.3 is 14.7 Å². The van der Waals surface area contributed by atoms with Crippen molar-refractivity contribution in [3.8, 4) is 0 Å². The highest BCUT2D eigenvalue weighted by Crippen LogP contribution is 2.27. The average Bonchev–Trinajstić information content (AvgIpc) is 3.10. The van der Waals surface area contributed by atoms with Crippen LogP contribution in [0.5, 0.6) is 0 Å². The molecule has 170 valence electrons. The van der Waals surface area contributed by atoms with Gasteiger partial charge in [-0.15, -0.1) is 0 Å². The van der Waals surface area contributed by atoms with Gasteiger partial charge in [-0.2, -0.15) is 4.31 Å². The average molecular weight is 441 g/mol. The number of aryl methyl sites for hydroxylation is 2. The molecule has 3 rings (SSSR count). The summed E-state index contributed by atoms with van der Waals surface area (Å²) >= 11 is 0. The number of nitrogens with one attached hydrogen (secondary N) is 1. The monoisotopic (exact) mass is 440 g/mol. The summed E-state index contributed by atoms with van der Waals surface area (Å²) in [6, 6.07) is 0.677. The van der Waals surface area contributed by atoms with Gasteiger partial charge in [0.25, 0.3) is 0 Å². The first-order chi connectivity index (χ1) is 14.3. The van der Waals surface area contributed by atoms with Crippen LogP contribution in [-0.2, 0) is 14.8 Å². The van der Waals surface area contributed by atoms with Crippen molar-refractivity contribution in [3.63, 3.8) is 0 Å². The van der Waals surface area contributed by atoms with Gasteiger partial charge in [-0.3, -0.25) is 4.79 Å². The van der Waals surface area contributed by atoms with E-state index in [1.807, 2.05) is 0 Å². The molecule has 1 amide bonds. The van der Waals surface area contributed by atoms with E-state index in [1.165, 1.54) is 36.4 Å². The third-order valence-corrected chi connectivity index (χ3v) is 8.62. The Kier molecular flexibility index (Phi) is 7.92. The topological polar surface area (TPSA) is 95.8 Å². The second-order valence-corrected chi connectivity index (χ2v) is 10.6. The Hall–Kier alpha value is -1.45. The smallest absolute Gasteiger partial charge is 0.248 e. The SMILES string of the molecule is Cc1noc(C)c1S(=O)(=O)N1CCCC(C(=O)NCCCN(C)C2CCCCC2)C1. The maximum absolute atomic E-state index is 13.0. The lowest BCUT2D eigenvalue weighted by molar-refractivity contribution is -0.126. The fourth-order valence-electron chi connectivity index (χ4n) is 4.74. The number of rotatable bonds is 8. The van der Waals surface area contributed by atoms with Crippen molar-refractivity contribution < 1.29 is 17.7 Å². The van der Waals surface area contributed by atoms with E-state index in [1.54, 1.807) is 13.8 Å². The van der Waals surface area contributed by atoms with Gasteiger partial charge in [0.1, 0.15) is 10.6 Å². The Labute approximate surface area is 180 Å². The molecule has 1 N–H and O–H groups in total. The number of aromatic nitrogens is 1. The Morgan fingerprint density at radius 2 is 1.93 bits per heavy atom. The van der Waals surface area contributed by atoms with Crippen LogP contribution in [0.25, 0.3) is 0 Å². The van der Waals surface area contributed by atoms with Gasteiger partial charge in [0.15, 0.2) is 5.76 Å². The molecule has 2 heterocycles. The van der Waals surface area contributed by atoms with Crippen molar-refractivity contribution in [1.29, 1.82) is 0 Å². The first-order valence-corrected chi connectivity index (χ1v) is 12.7. The second kappa shape index (κ2) is 10.2. The highest BCUT2D eigenvalue weighted by atomic mass is 32.2. The molecule has 30 heavy (non-hydrogen) atoms. The van der Waals surface area contributed by atoms with Crippen molar-refractivity contribution in [2.45, 2.75) is 76.2 Å². The maximum Gasteiger partial charge on any atom is 0.248 e. The Morgan fingerprint density at radius 3 is 2.60 bits per heavy atom. The first-order valence-electron chi connectivity index (χ1n) is 11.2. The molecule has 1 aromatic rings. The summed E-state index contributed by atoms with van der Waals surface area (Å²) in [5.74, 6) is -0.0692. The molecule has 0 radical (unpaired) electrons. The van der Waals surface area contributed by atoms with E-state index >= 15 is 0 Å². The van der Waals surface area contributed by atoms with Gasteiger partial charge >= 0.3 is 0 Å². The van der Waals surface area contributed by atoms with E-state index in [0.29, 0.717) is 43.4 Å². The lowest BCUT2D eigenvalue weighted by Crippen LogP contribution is -2.46. The third kappa shape index (κ3) is 5.42. The van der Waals surface area contributed by atoms with E-state index in [4.69, 9.17) is 4.52 Å². The predicted molar refractivity (Wildman–Crippen MR) is 115 cm³/mol. The molecule has 9 heteroatoms. The summed E-state index contributed by atoms with van der Waals surface area (Å²) in [4.78, 5) is 15.2. The van der Waals surface area contributed by atoms with Crippen LogP contribution in [0, 0.1) is 19.8 Å². The summed E-state index contributed by atoms with van der Waals surface area (Å²) in [5.41, 5.74) is 0.362. The molecule has 1 aliphatic heterocycles. The fraction of sp³-hybridized carbons (Fsp3) is 0.810. The Morgan fingerprint density at radius 1 is 1.20 bits per heavy atom. The van der Waals surface area contributed by atoms with Crippen LogP contribution in [0.4, 0.5) is 0 Å². The van der Waals surface area contributed by atoms with Crippen LogP contribution < -0.4 is 5.32 Å². The number of carbonyl (C=O) groups is 1. The molecule has 1 aliphatic carbocycles. The summed E-state index contributed by atoms with van der Waals surface area (Å²) in [6.45, 7) is 5.46. The minimum atomic E-state index is -3.70. The normalized spacial score (nSPS) is 21.8. The third-order valence-electron chi connectivity index (χ3n) is 6.51. The molecule has 1 unspecified atom stereocenters. The molecule has 0 spiro atoms. The van der Waals surface area contributed by atoms with Crippen molar-refractivity contribution >= 4 is 15.9 Å². The first kappa shape index (κ1) is 23.2. The molecule has 1 saturated heterocycles. The molecule has 1 atom stereocenters. The van der Waals surface area contributed by atoms with Crippen LogP contribution in [0.2, 0.25) is 0 Å². The van der Waals surface area contributed by atoms with Gasteiger partial charge in [-0.1, -0.05) is 24.4 Å². The minimum Gasteiger partial charge on any atom is -0.360 e. The van der Waals surface area contributed by atoms with E-state index in [2.05, 4.69) is 22.4 Å². The van der Waals surface area contributed by atoms with E-state index < -0.39 is 10.0 Å². The summed E-state index contributed by atoms with van der Waals surface area (Å²) in [5, 5.41) is 6.79.